The Balaban J connectivity index is 0.00000169. The number of rotatable bonds is 4. The molecule has 0 radical (unpaired) electrons. The summed E-state index contributed by atoms with van der Waals surface area (Å²) in [5.41, 5.74) is 7.13. The Labute approximate surface area is 151 Å². The zero-order chi connectivity index (χ0) is 16.0. The second kappa shape index (κ2) is 6.86. The van der Waals surface area contributed by atoms with Crippen molar-refractivity contribution >= 4 is 45.0 Å². The minimum Gasteiger partial charge on any atom is -0.494 e. The molecule has 0 spiro atoms. The molecule has 1 heterocycles. The fraction of sp³-hybridized carbons (Fsp3) is 0.529. The third-order valence-electron chi connectivity index (χ3n) is 5.18. The van der Waals surface area contributed by atoms with E-state index in [1.807, 2.05) is 25.1 Å². The van der Waals surface area contributed by atoms with Crippen molar-refractivity contribution in [3.8, 4) is 5.75 Å². The van der Waals surface area contributed by atoms with Crippen molar-refractivity contribution in [3.05, 3.63) is 18.2 Å². The maximum absolute atomic E-state index is 12.6. The summed E-state index contributed by atoms with van der Waals surface area (Å²) in [6, 6.07) is 5.81. The summed E-state index contributed by atoms with van der Waals surface area (Å²) in [5, 5.41) is 3.63. The number of anilines is 1. The molecular formula is C17H22ClN3O2S. The van der Waals surface area contributed by atoms with Crippen molar-refractivity contribution in [1.29, 1.82) is 0 Å². The maximum Gasteiger partial charge on any atom is 0.231 e. The molecule has 0 saturated heterocycles. The number of aromatic nitrogens is 1. The van der Waals surface area contributed by atoms with Gasteiger partial charge in [0.25, 0.3) is 0 Å². The number of halogens is 1. The molecule has 2 bridgehead atoms. The second-order valence-corrected chi connectivity index (χ2v) is 7.54. The molecule has 1 amide bonds. The number of nitrogens with one attached hydrogen (secondary N) is 1. The van der Waals surface area contributed by atoms with Gasteiger partial charge in [0.1, 0.15) is 5.75 Å². The van der Waals surface area contributed by atoms with Gasteiger partial charge in [0.15, 0.2) is 5.13 Å². The van der Waals surface area contributed by atoms with Crippen molar-refractivity contribution in [2.45, 2.75) is 32.2 Å². The number of benzene rings is 1. The van der Waals surface area contributed by atoms with E-state index in [1.54, 1.807) is 0 Å². The van der Waals surface area contributed by atoms with E-state index in [0.717, 1.165) is 28.8 Å². The molecule has 4 unspecified atom stereocenters. The molecule has 2 aliphatic rings. The molecule has 2 aromatic rings. The Bertz CT molecular complexity index is 749. The average molecular weight is 368 g/mol. The minimum atomic E-state index is -0.0558. The number of nitrogens with zero attached hydrogens (tertiary/aromatic N) is 1. The summed E-state index contributed by atoms with van der Waals surface area (Å²) in [5.74, 6) is 1.79. The highest BCUT2D eigenvalue weighted by Crippen LogP contribution is 2.48. The van der Waals surface area contributed by atoms with E-state index < -0.39 is 0 Å². The van der Waals surface area contributed by atoms with Gasteiger partial charge in [0, 0.05) is 6.04 Å². The van der Waals surface area contributed by atoms with Crippen molar-refractivity contribution in [2.24, 2.45) is 23.5 Å². The van der Waals surface area contributed by atoms with Gasteiger partial charge >= 0.3 is 0 Å². The molecule has 130 valence electrons. The van der Waals surface area contributed by atoms with Gasteiger partial charge in [-0.1, -0.05) is 11.3 Å². The van der Waals surface area contributed by atoms with Crippen LogP contribution in [-0.2, 0) is 4.79 Å². The van der Waals surface area contributed by atoms with Crippen LogP contribution in [0.5, 0.6) is 5.75 Å². The number of carbonyl (C=O) groups excluding carboxylic acids is 1. The van der Waals surface area contributed by atoms with Crippen molar-refractivity contribution in [1.82, 2.24) is 4.98 Å². The summed E-state index contributed by atoms with van der Waals surface area (Å²) in [6.45, 7) is 2.59. The van der Waals surface area contributed by atoms with E-state index in [2.05, 4.69) is 10.3 Å². The molecule has 3 N–H and O–H groups in total. The van der Waals surface area contributed by atoms with Crippen LogP contribution in [0.15, 0.2) is 18.2 Å². The zero-order valence-corrected chi connectivity index (χ0v) is 15.2. The lowest BCUT2D eigenvalue weighted by molar-refractivity contribution is -0.121. The van der Waals surface area contributed by atoms with Crippen LogP contribution in [0.3, 0.4) is 0 Å². The molecule has 0 aliphatic heterocycles. The minimum absolute atomic E-state index is 0. The van der Waals surface area contributed by atoms with E-state index in [1.165, 1.54) is 17.8 Å². The number of fused-ring (bicyclic) bond motifs is 3. The standard InChI is InChI=1S/C17H21N3O2S.ClH/c1-2-22-11-5-6-12-13(8-11)23-17(19-12)20-16(21)14-9-3-4-10(7-9)15(14)18;/h5-6,8-10,14-15H,2-4,7,18H2,1H3,(H,19,20,21);1H. The summed E-state index contributed by atoms with van der Waals surface area (Å²) in [7, 11) is 0. The van der Waals surface area contributed by atoms with Gasteiger partial charge in [-0.05, 0) is 56.2 Å². The number of carbonyl (C=O) groups is 1. The highest BCUT2D eigenvalue weighted by molar-refractivity contribution is 7.22. The SMILES string of the molecule is CCOc1ccc2nc(NC(=O)C3C4CCC(C4)C3N)sc2c1.Cl. The smallest absolute Gasteiger partial charge is 0.231 e. The highest BCUT2D eigenvalue weighted by atomic mass is 35.5. The van der Waals surface area contributed by atoms with Gasteiger partial charge in [-0.2, -0.15) is 0 Å². The number of amides is 1. The number of ether oxygens (including phenoxy) is 1. The molecule has 2 saturated carbocycles. The molecule has 1 aromatic carbocycles. The van der Waals surface area contributed by atoms with Crippen molar-refractivity contribution in [3.63, 3.8) is 0 Å². The molecule has 7 heteroatoms. The van der Waals surface area contributed by atoms with Gasteiger partial charge < -0.3 is 15.8 Å². The van der Waals surface area contributed by atoms with Crippen LogP contribution in [0.25, 0.3) is 10.2 Å². The number of hydrogen-bond acceptors (Lipinski definition) is 5. The fourth-order valence-corrected chi connectivity index (χ4v) is 5.03. The lowest BCUT2D eigenvalue weighted by atomic mass is 9.84. The van der Waals surface area contributed by atoms with Gasteiger partial charge in [-0.15, -0.1) is 12.4 Å². The van der Waals surface area contributed by atoms with Crippen molar-refractivity contribution < 1.29 is 9.53 Å². The van der Waals surface area contributed by atoms with Crippen LogP contribution in [0.2, 0.25) is 0 Å². The Kier molecular flexibility index (Phi) is 4.99. The molecule has 24 heavy (non-hydrogen) atoms. The third kappa shape index (κ3) is 2.98. The van der Waals surface area contributed by atoms with Crippen molar-refractivity contribution in [2.75, 3.05) is 11.9 Å². The van der Waals surface area contributed by atoms with Crippen LogP contribution >= 0.6 is 23.7 Å². The van der Waals surface area contributed by atoms with Crippen LogP contribution in [-0.4, -0.2) is 23.5 Å². The molecule has 4 atom stereocenters. The van der Waals surface area contributed by atoms with E-state index in [9.17, 15) is 4.79 Å². The first kappa shape index (κ1) is 17.5. The largest absolute Gasteiger partial charge is 0.494 e. The summed E-state index contributed by atoms with van der Waals surface area (Å²) in [4.78, 5) is 17.1. The molecular weight excluding hydrogens is 346 g/mol. The lowest BCUT2D eigenvalue weighted by Gasteiger charge is -2.26. The van der Waals surface area contributed by atoms with Gasteiger partial charge in [0.05, 0.1) is 22.7 Å². The molecule has 4 rings (SSSR count). The Morgan fingerprint density at radius 1 is 1.42 bits per heavy atom. The van der Waals surface area contributed by atoms with Crippen LogP contribution in [0.1, 0.15) is 26.2 Å². The van der Waals surface area contributed by atoms with Gasteiger partial charge in [-0.3, -0.25) is 4.79 Å². The monoisotopic (exact) mass is 367 g/mol. The normalized spacial score (nSPS) is 27.9. The third-order valence-corrected chi connectivity index (χ3v) is 6.12. The van der Waals surface area contributed by atoms with E-state index in [4.69, 9.17) is 10.5 Å². The predicted octanol–water partition coefficient (Wildman–Crippen LogP) is 3.43. The average Bonchev–Trinajstić information content (AvgIpc) is 3.20. The van der Waals surface area contributed by atoms with E-state index >= 15 is 0 Å². The Morgan fingerprint density at radius 3 is 2.92 bits per heavy atom. The van der Waals surface area contributed by atoms with Gasteiger partial charge in [0.2, 0.25) is 5.91 Å². The van der Waals surface area contributed by atoms with E-state index in [0.29, 0.717) is 23.6 Å². The first-order valence-electron chi connectivity index (χ1n) is 8.25. The summed E-state index contributed by atoms with van der Waals surface area (Å²) in [6.07, 6.45) is 3.42. The van der Waals surface area contributed by atoms with Crippen LogP contribution in [0, 0.1) is 17.8 Å². The number of nitrogens with two attached hydrogens (primary N) is 1. The molecule has 1 aromatic heterocycles. The quantitative estimate of drug-likeness (QED) is 0.867. The number of hydrogen-bond donors (Lipinski definition) is 2. The maximum atomic E-state index is 12.6. The molecule has 5 nitrogen and oxygen atoms in total. The Hall–Kier alpha value is -1.37. The molecule has 2 aliphatic carbocycles. The number of thiazole rings is 1. The first-order valence-corrected chi connectivity index (χ1v) is 9.07. The summed E-state index contributed by atoms with van der Waals surface area (Å²) < 4.78 is 6.53. The van der Waals surface area contributed by atoms with Crippen LogP contribution < -0.4 is 15.8 Å². The first-order chi connectivity index (χ1) is 11.2. The Morgan fingerprint density at radius 2 is 2.21 bits per heavy atom. The van der Waals surface area contributed by atoms with Crippen LogP contribution in [0.4, 0.5) is 5.13 Å². The zero-order valence-electron chi connectivity index (χ0n) is 13.5. The molecule has 2 fully saturated rings. The summed E-state index contributed by atoms with van der Waals surface area (Å²) >= 11 is 1.48. The van der Waals surface area contributed by atoms with E-state index in [-0.39, 0.29) is 30.3 Å². The predicted molar refractivity (Wildman–Crippen MR) is 99.0 cm³/mol. The fourth-order valence-electron chi connectivity index (χ4n) is 4.13. The second-order valence-electron chi connectivity index (χ2n) is 6.51. The highest BCUT2D eigenvalue weighted by Gasteiger charge is 2.49. The van der Waals surface area contributed by atoms with Gasteiger partial charge in [-0.25, -0.2) is 4.98 Å². The lowest BCUT2D eigenvalue weighted by Crippen LogP contribution is -2.42. The topological polar surface area (TPSA) is 77.2 Å².